The highest BCUT2D eigenvalue weighted by Crippen LogP contribution is 2.27. The van der Waals surface area contributed by atoms with Crippen molar-refractivity contribution in [3.05, 3.63) is 40.9 Å². The molecule has 1 heterocycles. The van der Waals surface area contributed by atoms with Crippen LogP contribution in [0.5, 0.6) is 0 Å². The summed E-state index contributed by atoms with van der Waals surface area (Å²) in [5.41, 5.74) is 6.89. The zero-order chi connectivity index (χ0) is 12.4. The van der Waals surface area contributed by atoms with Gasteiger partial charge in [0.05, 0.1) is 16.4 Å². The Labute approximate surface area is 102 Å². The third kappa shape index (κ3) is 1.69. The van der Waals surface area contributed by atoms with Crippen LogP contribution in [0.2, 0.25) is 5.02 Å². The molecular formula is C11H6ClN5. The van der Waals surface area contributed by atoms with E-state index in [1.165, 1.54) is 10.9 Å². The van der Waals surface area contributed by atoms with Crippen molar-refractivity contribution < 1.29 is 0 Å². The van der Waals surface area contributed by atoms with Gasteiger partial charge in [0, 0.05) is 0 Å². The summed E-state index contributed by atoms with van der Waals surface area (Å²) in [6.07, 6.45) is 1.37. The maximum atomic E-state index is 9.01. The minimum absolute atomic E-state index is 0.0619. The van der Waals surface area contributed by atoms with Crippen LogP contribution in [0.25, 0.3) is 5.69 Å². The first-order valence-corrected chi connectivity index (χ1v) is 4.98. The van der Waals surface area contributed by atoms with Crippen molar-refractivity contribution in [3.8, 4) is 17.8 Å². The fraction of sp³-hybridized carbons (Fsp3) is 0. The first kappa shape index (κ1) is 11.0. The van der Waals surface area contributed by atoms with Gasteiger partial charge in [0.25, 0.3) is 0 Å². The van der Waals surface area contributed by atoms with Gasteiger partial charge in [0.15, 0.2) is 11.4 Å². The smallest absolute Gasteiger partial charge is 0.177 e. The zero-order valence-electron chi connectivity index (χ0n) is 8.55. The lowest BCUT2D eigenvalue weighted by molar-refractivity contribution is 1.04. The highest BCUT2D eigenvalue weighted by molar-refractivity contribution is 6.33. The lowest BCUT2D eigenvalue weighted by atomic mass is 10.2. The summed E-state index contributed by atoms with van der Waals surface area (Å²) in [5.74, 6) is 0. The Kier molecular flexibility index (Phi) is 2.70. The SMILES string of the molecule is N#Cc1ncn(-c2cccc(Cl)c2N)c1C#N. The Morgan fingerprint density at radius 3 is 2.71 bits per heavy atom. The number of para-hydroxylation sites is 1. The summed E-state index contributed by atoms with van der Waals surface area (Å²) in [6, 6.07) is 8.82. The van der Waals surface area contributed by atoms with E-state index in [2.05, 4.69) is 4.98 Å². The molecule has 6 heteroatoms. The van der Waals surface area contributed by atoms with E-state index in [4.69, 9.17) is 27.9 Å². The number of benzene rings is 1. The molecule has 0 aliphatic carbocycles. The number of nitrogen functional groups attached to an aromatic ring is 1. The molecule has 2 rings (SSSR count). The summed E-state index contributed by atoms with van der Waals surface area (Å²) in [7, 11) is 0. The van der Waals surface area contributed by atoms with Gasteiger partial charge in [-0.15, -0.1) is 0 Å². The predicted molar refractivity (Wildman–Crippen MR) is 62.4 cm³/mol. The maximum Gasteiger partial charge on any atom is 0.177 e. The van der Waals surface area contributed by atoms with Crippen molar-refractivity contribution in [2.24, 2.45) is 0 Å². The second kappa shape index (κ2) is 4.17. The predicted octanol–water partition coefficient (Wildman–Crippen LogP) is 1.85. The van der Waals surface area contributed by atoms with Crippen molar-refractivity contribution in [1.82, 2.24) is 9.55 Å². The number of aromatic nitrogens is 2. The minimum Gasteiger partial charge on any atom is -0.396 e. The lowest BCUT2D eigenvalue weighted by Gasteiger charge is -2.08. The van der Waals surface area contributed by atoms with Crippen LogP contribution in [0.3, 0.4) is 0 Å². The van der Waals surface area contributed by atoms with Crippen LogP contribution in [-0.2, 0) is 0 Å². The van der Waals surface area contributed by atoms with Crippen molar-refractivity contribution in [3.63, 3.8) is 0 Å². The standard InChI is InChI=1S/C11H6ClN5/c12-7-2-1-3-9(11(7)15)17-6-16-8(4-13)10(17)5-14/h1-3,6H,15H2. The third-order valence-electron chi connectivity index (χ3n) is 2.27. The molecule has 2 N–H and O–H groups in total. The highest BCUT2D eigenvalue weighted by Gasteiger charge is 2.14. The van der Waals surface area contributed by atoms with Gasteiger partial charge in [-0.25, -0.2) is 4.98 Å². The van der Waals surface area contributed by atoms with Crippen LogP contribution in [0, 0.1) is 22.7 Å². The fourth-order valence-corrected chi connectivity index (χ4v) is 1.62. The van der Waals surface area contributed by atoms with Crippen molar-refractivity contribution >= 4 is 17.3 Å². The monoisotopic (exact) mass is 243 g/mol. The molecule has 0 amide bonds. The van der Waals surface area contributed by atoms with Gasteiger partial charge in [-0.3, -0.25) is 4.57 Å². The number of rotatable bonds is 1. The molecule has 1 aromatic carbocycles. The average Bonchev–Trinajstić information content (AvgIpc) is 2.75. The van der Waals surface area contributed by atoms with Crippen LogP contribution in [-0.4, -0.2) is 9.55 Å². The molecule has 1 aromatic heterocycles. The Bertz CT molecular complexity index is 659. The largest absolute Gasteiger partial charge is 0.396 e. The van der Waals surface area contributed by atoms with E-state index < -0.39 is 0 Å². The molecule has 0 saturated carbocycles. The number of nitriles is 2. The van der Waals surface area contributed by atoms with Crippen molar-refractivity contribution in [1.29, 1.82) is 10.5 Å². The van der Waals surface area contributed by atoms with Gasteiger partial charge < -0.3 is 5.73 Å². The van der Waals surface area contributed by atoms with Crippen LogP contribution >= 0.6 is 11.6 Å². The van der Waals surface area contributed by atoms with Gasteiger partial charge in [-0.05, 0) is 12.1 Å². The Morgan fingerprint density at radius 1 is 1.29 bits per heavy atom. The summed E-state index contributed by atoms with van der Waals surface area (Å²) in [4.78, 5) is 3.83. The molecule has 0 spiro atoms. The minimum atomic E-state index is 0.0619. The second-order valence-corrected chi connectivity index (χ2v) is 3.62. The van der Waals surface area contributed by atoms with Gasteiger partial charge in [-0.2, -0.15) is 10.5 Å². The average molecular weight is 244 g/mol. The molecule has 0 aliphatic rings. The molecule has 17 heavy (non-hydrogen) atoms. The van der Waals surface area contributed by atoms with Crippen LogP contribution in [0.15, 0.2) is 24.5 Å². The van der Waals surface area contributed by atoms with Crippen LogP contribution < -0.4 is 5.73 Å². The number of nitrogens with two attached hydrogens (primary N) is 1. The molecule has 0 saturated heterocycles. The van der Waals surface area contributed by atoms with Gasteiger partial charge in [-0.1, -0.05) is 17.7 Å². The summed E-state index contributed by atoms with van der Waals surface area (Å²) >= 11 is 5.89. The van der Waals surface area contributed by atoms with Crippen molar-refractivity contribution in [2.75, 3.05) is 5.73 Å². The summed E-state index contributed by atoms with van der Waals surface area (Å²) in [6.45, 7) is 0. The maximum absolute atomic E-state index is 9.01. The number of hydrogen-bond donors (Lipinski definition) is 1. The zero-order valence-corrected chi connectivity index (χ0v) is 9.31. The van der Waals surface area contributed by atoms with Gasteiger partial charge in [0.1, 0.15) is 18.5 Å². The summed E-state index contributed by atoms with van der Waals surface area (Å²) < 4.78 is 1.44. The molecule has 82 valence electrons. The number of anilines is 1. The molecule has 0 atom stereocenters. The lowest BCUT2D eigenvalue weighted by Crippen LogP contribution is -2.01. The van der Waals surface area contributed by atoms with E-state index in [0.717, 1.165) is 0 Å². The Morgan fingerprint density at radius 2 is 2.06 bits per heavy atom. The fourth-order valence-electron chi connectivity index (χ4n) is 1.46. The van der Waals surface area contributed by atoms with Crippen molar-refractivity contribution in [2.45, 2.75) is 0 Å². The number of hydrogen-bond acceptors (Lipinski definition) is 4. The topological polar surface area (TPSA) is 91.4 Å². The quantitative estimate of drug-likeness (QED) is 0.774. The van der Waals surface area contributed by atoms with E-state index >= 15 is 0 Å². The van der Waals surface area contributed by atoms with Crippen LogP contribution in [0.4, 0.5) is 5.69 Å². The van der Waals surface area contributed by atoms with E-state index in [-0.39, 0.29) is 11.4 Å². The molecule has 0 fully saturated rings. The molecular weight excluding hydrogens is 238 g/mol. The third-order valence-corrected chi connectivity index (χ3v) is 2.60. The van der Waals surface area contributed by atoms with E-state index in [1.807, 2.05) is 12.1 Å². The highest BCUT2D eigenvalue weighted by atomic mass is 35.5. The van der Waals surface area contributed by atoms with Gasteiger partial charge in [0.2, 0.25) is 0 Å². The molecule has 0 unspecified atom stereocenters. The molecule has 0 radical (unpaired) electrons. The number of halogens is 1. The van der Waals surface area contributed by atoms with E-state index in [9.17, 15) is 0 Å². The van der Waals surface area contributed by atoms with E-state index in [1.54, 1.807) is 18.2 Å². The molecule has 0 bridgehead atoms. The second-order valence-electron chi connectivity index (χ2n) is 3.21. The Hall–Kier alpha value is -2.50. The van der Waals surface area contributed by atoms with Gasteiger partial charge >= 0.3 is 0 Å². The first-order valence-electron chi connectivity index (χ1n) is 4.61. The molecule has 0 aliphatic heterocycles. The number of nitrogens with zero attached hydrogens (tertiary/aromatic N) is 4. The number of imidazole rings is 1. The molecule has 5 nitrogen and oxygen atoms in total. The van der Waals surface area contributed by atoms with Crippen LogP contribution in [0.1, 0.15) is 11.4 Å². The summed E-state index contributed by atoms with van der Waals surface area (Å²) in [5, 5.41) is 18.2. The van der Waals surface area contributed by atoms with E-state index in [0.29, 0.717) is 16.4 Å². The Balaban J connectivity index is 2.71. The normalized spacial score (nSPS) is 9.59. The first-order chi connectivity index (χ1) is 8.19. The molecule has 2 aromatic rings.